The molecule has 142 valence electrons. The van der Waals surface area contributed by atoms with E-state index in [1.54, 1.807) is 0 Å². The predicted octanol–water partition coefficient (Wildman–Crippen LogP) is 5.60. The number of benzene rings is 3. The van der Waals surface area contributed by atoms with Gasteiger partial charge in [0.05, 0.1) is 5.92 Å². The highest BCUT2D eigenvalue weighted by Crippen LogP contribution is 2.45. The molecular weight excluding hydrogens is 356 g/mol. The van der Waals surface area contributed by atoms with Crippen LogP contribution in [0.1, 0.15) is 48.8 Å². The van der Waals surface area contributed by atoms with E-state index in [0.717, 1.165) is 52.5 Å². The van der Waals surface area contributed by atoms with Gasteiger partial charge in [0.2, 0.25) is 5.88 Å². The van der Waals surface area contributed by atoms with Crippen molar-refractivity contribution >= 4 is 10.8 Å². The van der Waals surface area contributed by atoms with Crippen LogP contribution in [0, 0.1) is 23.2 Å². The van der Waals surface area contributed by atoms with Crippen molar-refractivity contribution in [1.29, 1.82) is 5.26 Å². The zero-order chi connectivity index (χ0) is 20.2. The number of nitrogens with two attached hydrogens (primary N) is 1. The SMILES string of the molecule is CCCCC#Cc1ccccc1C1C(C#N)=C(N)Oc2c1ccc1ccccc21. The summed E-state index contributed by atoms with van der Waals surface area (Å²) in [7, 11) is 0. The van der Waals surface area contributed by atoms with Crippen LogP contribution in [0.2, 0.25) is 0 Å². The van der Waals surface area contributed by atoms with E-state index >= 15 is 0 Å². The number of nitrogens with zero attached hydrogens (tertiary/aromatic N) is 1. The molecule has 0 fully saturated rings. The fourth-order valence-electron chi connectivity index (χ4n) is 3.79. The lowest BCUT2D eigenvalue weighted by atomic mass is 9.80. The van der Waals surface area contributed by atoms with Crippen molar-refractivity contribution in [3.8, 4) is 23.7 Å². The highest BCUT2D eigenvalue weighted by atomic mass is 16.5. The number of rotatable bonds is 3. The molecule has 0 amide bonds. The minimum Gasteiger partial charge on any atom is -0.440 e. The number of allylic oxidation sites excluding steroid dienone is 1. The van der Waals surface area contributed by atoms with Crippen molar-refractivity contribution < 1.29 is 4.74 Å². The van der Waals surface area contributed by atoms with Crippen LogP contribution in [0.25, 0.3) is 10.8 Å². The second kappa shape index (κ2) is 8.13. The van der Waals surface area contributed by atoms with E-state index in [2.05, 4.69) is 30.9 Å². The Bertz CT molecular complexity index is 1200. The highest BCUT2D eigenvalue weighted by molar-refractivity contribution is 5.91. The number of ether oxygens (including phenoxy) is 1. The zero-order valence-corrected chi connectivity index (χ0v) is 16.4. The molecule has 0 aliphatic carbocycles. The summed E-state index contributed by atoms with van der Waals surface area (Å²) in [6.45, 7) is 2.16. The van der Waals surface area contributed by atoms with E-state index in [0.29, 0.717) is 5.57 Å². The Morgan fingerprint density at radius 1 is 1.00 bits per heavy atom. The summed E-state index contributed by atoms with van der Waals surface area (Å²) in [6.07, 6.45) is 3.06. The van der Waals surface area contributed by atoms with Crippen LogP contribution in [0.5, 0.6) is 5.75 Å². The number of unbranched alkanes of at least 4 members (excludes halogenated alkanes) is 2. The van der Waals surface area contributed by atoms with Gasteiger partial charge in [0.25, 0.3) is 0 Å². The summed E-state index contributed by atoms with van der Waals surface area (Å²) in [5.74, 6) is 7.16. The molecule has 0 saturated heterocycles. The average molecular weight is 378 g/mol. The predicted molar refractivity (Wildman–Crippen MR) is 116 cm³/mol. The molecule has 3 aromatic carbocycles. The molecule has 0 spiro atoms. The maximum absolute atomic E-state index is 9.87. The summed E-state index contributed by atoms with van der Waals surface area (Å²) < 4.78 is 5.95. The van der Waals surface area contributed by atoms with Crippen LogP contribution >= 0.6 is 0 Å². The summed E-state index contributed by atoms with van der Waals surface area (Å²) in [4.78, 5) is 0. The Hall–Kier alpha value is -3.69. The molecule has 1 aliphatic rings. The van der Waals surface area contributed by atoms with Crippen molar-refractivity contribution in [1.82, 2.24) is 0 Å². The summed E-state index contributed by atoms with van der Waals surface area (Å²) in [5, 5.41) is 11.9. The molecule has 3 heteroatoms. The fourth-order valence-corrected chi connectivity index (χ4v) is 3.79. The van der Waals surface area contributed by atoms with Gasteiger partial charge in [-0.3, -0.25) is 0 Å². The smallest absolute Gasteiger partial charge is 0.205 e. The van der Waals surface area contributed by atoms with Crippen LogP contribution in [0.3, 0.4) is 0 Å². The molecule has 0 aromatic heterocycles. The third-order valence-corrected chi connectivity index (χ3v) is 5.26. The molecular formula is C26H22N2O. The molecule has 1 aliphatic heterocycles. The molecule has 29 heavy (non-hydrogen) atoms. The maximum atomic E-state index is 9.87. The lowest BCUT2D eigenvalue weighted by Crippen LogP contribution is -2.21. The van der Waals surface area contributed by atoms with Crippen LogP contribution in [0.15, 0.2) is 72.1 Å². The third kappa shape index (κ3) is 3.44. The number of fused-ring (bicyclic) bond motifs is 3. The van der Waals surface area contributed by atoms with Crippen LogP contribution in [-0.2, 0) is 0 Å². The molecule has 0 saturated carbocycles. The first-order valence-corrected chi connectivity index (χ1v) is 9.91. The second-order valence-corrected chi connectivity index (χ2v) is 7.12. The molecule has 1 unspecified atom stereocenters. The van der Waals surface area contributed by atoms with Crippen LogP contribution in [-0.4, -0.2) is 0 Å². The van der Waals surface area contributed by atoms with Gasteiger partial charge in [0.1, 0.15) is 17.4 Å². The van der Waals surface area contributed by atoms with E-state index in [-0.39, 0.29) is 11.8 Å². The van der Waals surface area contributed by atoms with Gasteiger partial charge in [0.15, 0.2) is 0 Å². The van der Waals surface area contributed by atoms with E-state index in [9.17, 15) is 5.26 Å². The number of hydrogen-bond donors (Lipinski definition) is 1. The Labute approximate surface area is 171 Å². The van der Waals surface area contributed by atoms with Gasteiger partial charge in [-0.25, -0.2) is 0 Å². The van der Waals surface area contributed by atoms with Crippen molar-refractivity contribution in [3.63, 3.8) is 0 Å². The van der Waals surface area contributed by atoms with Crippen molar-refractivity contribution in [3.05, 3.63) is 88.8 Å². The monoisotopic (exact) mass is 378 g/mol. The maximum Gasteiger partial charge on any atom is 0.205 e. The normalized spacial score (nSPS) is 15.1. The quantitative estimate of drug-likeness (QED) is 0.477. The first-order chi connectivity index (χ1) is 14.2. The first-order valence-electron chi connectivity index (χ1n) is 9.91. The van der Waals surface area contributed by atoms with Crippen molar-refractivity contribution in [2.75, 3.05) is 0 Å². The average Bonchev–Trinajstić information content (AvgIpc) is 2.76. The second-order valence-electron chi connectivity index (χ2n) is 7.12. The molecule has 0 bridgehead atoms. The van der Waals surface area contributed by atoms with Gasteiger partial charge in [-0.15, -0.1) is 0 Å². The summed E-state index contributed by atoms with van der Waals surface area (Å²) >= 11 is 0. The zero-order valence-electron chi connectivity index (χ0n) is 16.4. The lowest BCUT2D eigenvalue weighted by molar-refractivity contribution is 0.398. The highest BCUT2D eigenvalue weighted by Gasteiger charge is 2.32. The standard InChI is InChI=1S/C26H22N2O/c1-2-3-4-5-10-18-11-6-8-13-20(18)24-22-16-15-19-12-7-9-14-21(19)25(22)29-26(28)23(24)17-27/h6-9,11-16,24H,2-4,28H2,1H3. The molecule has 0 radical (unpaired) electrons. The topological polar surface area (TPSA) is 59.0 Å². The third-order valence-electron chi connectivity index (χ3n) is 5.26. The summed E-state index contributed by atoms with van der Waals surface area (Å²) in [5.41, 5.74) is 9.49. The number of nitriles is 1. The lowest BCUT2D eigenvalue weighted by Gasteiger charge is -2.28. The van der Waals surface area contributed by atoms with Gasteiger partial charge in [-0.1, -0.05) is 79.8 Å². The number of hydrogen-bond acceptors (Lipinski definition) is 3. The molecule has 3 nitrogen and oxygen atoms in total. The largest absolute Gasteiger partial charge is 0.440 e. The van der Waals surface area contributed by atoms with Gasteiger partial charge in [-0.2, -0.15) is 5.26 Å². The molecule has 3 aromatic rings. The minimum absolute atomic E-state index is 0.162. The fraction of sp³-hybridized carbons (Fsp3) is 0.192. The van der Waals surface area contributed by atoms with E-state index in [1.807, 2.05) is 54.6 Å². The molecule has 1 heterocycles. The molecule has 1 atom stereocenters. The van der Waals surface area contributed by atoms with E-state index < -0.39 is 0 Å². The van der Waals surface area contributed by atoms with Gasteiger partial charge in [-0.05, 0) is 23.4 Å². The van der Waals surface area contributed by atoms with Crippen molar-refractivity contribution in [2.24, 2.45) is 5.73 Å². The minimum atomic E-state index is -0.301. The van der Waals surface area contributed by atoms with E-state index in [4.69, 9.17) is 10.5 Å². The molecule has 2 N–H and O–H groups in total. The van der Waals surface area contributed by atoms with E-state index in [1.165, 1.54) is 0 Å². The Kier molecular flexibility index (Phi) is 5.23. The van der Waals surface area contributed by atoms with Crippen LogP contribution in [0.4, 0.5) is 0 Å². The van der Waals surface area contributed by atoms with Gasteiger partial charge >= 0.3 is 0 Å². The molecule has 4 rings (SSSR count). The first kappa shape index (κ1) is 18.7. The Morgan fingerprint density at radius 2 is 1.79 bits per heavy atom. The summed E-state index contributed by atoms with van der Waals surface area (Å²) in [6, 6.07) is 22.4. The Balaban J connectivity index is 1.91. The van der Waals surface area contributed by atoms with Crippen molar-refractivity contribution in [2.45, 2.75) is 32.1 Å². The van der Waals surface area contributed by atoms with Gasteiger partial charge < -0.3 is 10.5 Å². The Morgan fingerprint density at radius 3 is 2.62 bits per heavy atom. The van der Waals surface area contributed by atoms with Crippen LogP contribution < -0.4 is 10.5 Å². The van der Waals surface area contributed by atoms with Gasteiger partial charge in [0, 0.05) is 22.9 Å².